The molecule has 0 atom stereocenters. The molecule has 0 bridgehead atoms. The molecule has 0 amide bonds. The first kappa shape index (κ1) is 12.7. The Morgan fingerprint density at radius 1 is 1.17 bits per heavy atom. The summed E-state index contributed by atoms with van der Waals surface area (Å²) in [6.07, 6.45) is -4.71. The van der Waals surface area contributed by atoms with Crippen LogP contribution in [0.2, 0.25) is 0 Å². The van der Waals surface area contributed by atoms with E-state index in [1.54, 1.807) is 0 Å². The van der Waals surface area contributed by atoms with Crippen LogP contribution in [0.1, 0.15) is 5.82 Å². The molecule has 0 spiro atoms. The molecular formula is C10H8F5N3. The molecule has 0 unspecified atom stereocenters. The third-order valence-corrected chi connectivity index (χ3v) is 2.40. The van der Waals surface area contributed by atoms with E-state index in [1.807, 2.05) is 0 Å². The van der Waals surface area contributed by atoms with E-state index in [1.165, 1.54) is 0 Å². The number of benzene rings is 1. The maximum Gasteiger partial charge on any atom is 0.449 e. The van der Waals surface area contributed by atoms with E-state index in [9.17, 15) is 22.0 Å². The Morgan fingerprint density at radius 3 is 2.33 bits per heavy atom. The maximum absolute atomic E-state index is 13.0. The third-order valence-electron chi connectivity index (χ3n) is 2.40. The molecule has 2 rings (SSSR count). The molecule has 0 radical (unpaired) electrons. The van der Waals surface area contributed by atoms with Crippen LogP contribution in [0.3, 0.4) is 0 Å². The number of hydrogen-bond acceptors (Lipinski definition) is 2. The number of fused-ring (bicyclic) bond motifs is 1. The summed E-state index contributed by atoms with van der Waals surface area (Å²) in [5.41, 5.74) is 4.82. The molecule has 0 saturated heterocycles. The molecule has 1 heterocycles. The third kappa shape index (κ3) is 2.03. The van der Waals surface area contributed by atoms with Crippen molar-refractivity contribution in [3.8, 4) is 0 Å². The van der Waals surface area contributed by atoms with Gasteiger partial charge in [-0.3, -0.25) is 0 Å². The Morgan fingerprint density at radius 2 is 1.78 bits per heavy atom. The van der Waals surface area contributed by atoms with Gasteiger partial charge in [-0.2, -0.15) is 13.2 Å². The zero-order valence-corrected chi connectivity index (χ0v) is 8.93. The topological polar surface area (TPSA) is 43.8 Å². The van der Waals surface area contributed by atoms with Gasteiger partial charge >= 0.3 is 6.18 Å². The van der Waals surface area contributed by atoms with E-state index in [4.69, 9.17) is 5.73 Å². The second kappa shape index (κ2) is 4.20. The van der Waals surface area contributed by atoms with Crippen LogP contribution in [-0.2, 0) is 12.7 Å². The molecule has 98 valence electrons. The lowest BCUT2D eigenvalue weighted by Gasteiger charge is -2.09. The van der Waals surface area contributed by atoms with Crippen molar-refractivity contribution >= 4 is 11.0 Å². The summed E-state index contributed by atoms with van der Waals surface area (Å²) in [6, 6.07) is 1.31. The van der Waals surface area contributed by atoms with Crippen LogP contribution in [0.15, 0.2) is 12.1 Å². The van der Waals surface area contributed by atoms with E-state index >= 15 is 0 Å². The standard InChI is InChI=1S/C10H8F5N3/c11-5-3-7-8(4-6(5)12)18(2-1-16)9(17-7)10(13,14)15/h3-4H,1-2,16H2. The number of hydrogen-bond donors (Lipinski definition) is 1. The van der Waals surface area contributed by atoms with Gasteiger partial charge in [0.25, 0.3) is 0 Å². The Kier molecular flexibility index (Phi) is 2.97. The zero-order valence-electron chi connectivity index (χ0n) is 8.93. The quantitative estimate of drug-likeness (QED) is 0.847. The van der Waals surface area contributed by atoms with Gasteiger partial charge < -0.3 is 10.3 Å². The molecule has 0 aliphatic rings. The minimum Gasteiger partial charge on any atom is -0.329 e. The van der Waals surface area contributed by atoms with Crippen molar-refractivity contribution < 1.29 is 22.0 Å². The van der Waals surface area contributed by atoms with Crippen molar-refractivity contribution in [1.82, 2.24) is 9.55 Å². The lowest BCUT2D eigenvalue weighted by atomic mass is 10.3. The number of imidazole rings is 1. The Labute approximate surface area is 98.0 Å². The molecule has 0 fully saturated rings. The second-order valence-corrected chi connectivity index (χ2v) is 3.63. The molecule has 18 heavy (non-hydrogen) atoms. The van der Waals surface area contributed by atoms with Crippen LogP contribution in [0.25, 0.3) is 11.0 Å². The number of alkyl halides is 3. The lowest BCUT2D eigenvalue weighted by Crippen LogP contribution is -2.18. The Balaban J connectivity index is 2.75. The first-order valence-electron chi connectivity index (χ1n) is 4.97. The first-order valence-corrected chi connectivity index (χ1v) is 4.97. The molecule has 2 aromatic rings. The van der Waals surface area contributed by atoms with Crippen molar-refractivity contribution in [2.75, 3.05) is 6.54 Å². The molecule has 2 N–H and O–H groups in total. The zero-order chi connectivity index (χ0) is 13.5. The summed E-state index contributed by atoms with van der Waals surface area (Å²) < 4.78 is 64.8. The van der Waals surface area contributed by atoms with Crippen LogP contribution in [-0.4, -0.2) is 16.1 Å². The maximum atomic E-state index is 13.0. The van der Waals surface area contributed by atoms with Crippen LogP contribution in [0.5, 0.6) is 0 Å². The predicted molar refractivity (Wildman–Crippen MR) is 53.7 cm³/mol. The summed E-state index contributed by atoms with van der Waals surface area (Å²) >= 11 is 0. The molecule has 3 nitrogen and oxygen atoms in total. The molecule has 0 saturated carbocycles. The Hall–Kier alpha value is -1.70. The molecule has 8 heteroatoms. The second-order valence-electron chi connectivity index (χ2n) is 3.63. The first-order chi connectivity index (χ1) is 8.34. The van der Waals surface area contributed by atoms with Crippen molar-refractivity contribution in [2.24, 2.45) is 5.73 Å². The van der Waals surface area contributed by atoms with E-state index in [2.05, 4.69) is 4.98 Å². The highest BCUT2D eigenvalue weighted by Crippen LogP contribution is 2.32. The summed E-state index contributed by atoms with van der Waals surface area (Å²) in [7, 11) is 0. The highest BCUT2D eigenvalue weighted by molar-refractivity contribution is 5.76. The fourth-order valence-electron chi connectivity index (χ4n) is 1.69. The molecule has 0 aliphatic carbocycles. The van der Waals surface area contributed by atoms with Crippen LogP contribution in [0, 0.1) is 11.6 Å². The SMILES string of the molecule is NCCn1c(C(F)(F)F)nc2cc(F)c(F)cc21. The number of halogens is 5. The van der Waals surface area contributed by atoms with Gasteiger partial charge in [-0.1, -0.05) is 0 Å². The molecule has 1 aromatic carbocycles. The van der Waals surface area contributed by atoms with Gasteiger partial charge in [-0.05, 0) is 0 Å². The lowest BCUT2D eigenvalue weighted by molar-refractivity contribution is -0.146. The highest BCUT2D eigenvalue weighted by atomic mass is 19.4. The van der Waals surface area contributed by atoms with Crippen molar-refractivity contribution in [3.05, 3.63) is 29.6 Å². The summed E-state index contributed by atoms with van der Waals surface area (Å²) in [5, 5.41) is 0. The average Bonchev–Trinajstić information content (AvgIpc) is 2.58. The average molecular weight is 265 g/mol. The number of aromatic nitrogens is 2. The fourth-order valence-corrected chi connectivity index (χ4v) is 1.69. The largest absolute Gasteiger partial charge is 0.449 e. The van der Waals surface area contributed by atoms with Gasteiger partial charge in [-0.15, -0.1) is 0 Å². The van der Waals surface area contributed by atoms with Gasteiger partial charge in [0.15, 0.2) is 11.6 Å². The molecular weight excluding hydrogens is 257 g/mol. The van der Waals surface area contributed by atoms with E-state index in [-0.39, 0.29) is 24.1 Å². The summed E-state index contributed by atoms with van der Waals surface area (Å²) in [4.78, 5) is 3.28. The Bertz CT molecular complexity index is 587. The van der Waals surface area contributed by atoms with Gasteiger partial charge in [0.2, 0.25) is 5.82 Å². The van der Waals surface area contributed by atoms with E-state index in [0.29, 0.717) is 12.1 Å². The van der Waals surface area contributed by atoms with Gasteiger partial charge in [0.1, 0.15) is 0 Å². The minimum atomic E-state index is -4.71. The monoisotopic (exact) mass is 265 g/mol. The van der Waals surface area contributed by atoms with Crippen LogP contribution < -0.4 is 5.73 Å². The summed E-state index contributed by atoms with van der Waals surface area (Å²) in [6.45, 7) is -0.260. The fraction of sp³-hybridized carbons (Fsp3) is 0.300. The van der Waals surface area contributed by atoms with E-state index < -0.39 is 23.6 Å². The highest BCUT2D eigenvalue weighted by Gasteiger charge is 2.37. The van der Waals surface area contributed by atoms with Gasteiger partial charge in [0, 0.05) is 25.2 Å². The van der Waals surface area contributed by atoms with E-state index in [0.717, 1.165) is 4.57 Å². The van der Waals surface area contributed by atoms with Crippen molar-refractivity contribution in [2.45, 2.75) is 12.7 Å². The van der Waals surface area contributed by atoms with Crippen molar-refractivity contribution in [1.29, 1.82) is 0 Å². The number of nitrogens with two attached hydrogens (primary N) is 1. The van der Waals surface area contributed by atoms with Crippen molar-refractivity contribution in [3.63, 3.8) is 0 Å². The van der Waals surface area contributed by atoms with Crippen LogP contribution >= 0.6 is 0 Å². The molecule has 1 aromatic heterocycles. The van der Waals surface area contributed by atoms with Gasteiger partial charge in [0.05, 0.1) is 11.0 Å². The minimum absolute atomic E-state index is 0.0759. The smallest absolute Gasteiger partial charge is 0.329 e. The summed E-state index contributed by atoms with van der Waals surface area (Å²) in [5.74, 6) is -3.68. The predicted octanol–water partition coefficient (Wildman–Crippen LogP) is 2.29. The normalized spacial score (nSPS) is 12.3. The van der Waals surface area contributed by atoms with Crippen LogP contribution in [0.4, 0.5) is 22.0 Å². The molecule has 0 aliphatic heterocycles. The number of nitrogens with zero attached hydrogens (tertiary/aromatic N) is 2. The van der Waals surface area contributed by atoms with Gasteiger partial charge in [-0.25, -0.2) is 13.8 Å². The number of rotatable bonds is 2.